The van der Waals surface area contributed by atoms with Crippen molar-refractivity contribution in [2.24, 2.45) is 0 Å². The van der Waals surface area contributed by atoms with Crippen LogP contribution in [0.1, 0.15) is 10.4 Å². The predicted molar refractivity (Wildman–Crippen MR) is 82.8 cm³/mol. The van der Waals surface area contributed by atoms with Crippen molar-refractivity contribution < 1.29 is 32.6 Å². The first-order chi connectivity index (χ1) is 11.9. The molecule has 0 fully saturated rings. The third-order valence-electron chi connectivity index (χ3n) is 3.20. The Labute approximate surface area is 145 Å². The summed E-state index contributed by atoms with van der Waals surface area (Å²) < 4.78 is 41.0. The largest absolute Gasteiger partial charge is 0.454 e. The fourth-order valence-electron chi connectivity index (χ4n) is 2.07. The number of fused-ring (bicyclic) bond motifs is 1. The van der Waals surface area contributed by atoms with Gasteiger partial charge in [-0.25, -0.2) is 13.6 Å². The van der Waals surface area contributed by atoms with Crippen molar-refractivity contribution in [3.05, 3.63) is 52.6 Å². The quantitative estimate of drug-likeness (QED) is 0.838. The van der Waals surface area contributed by atoms with Gasteiger partial charge in [0.15, 0.2) is 29.7 Å². The third kappa shape index (κ3) is 3.80. The minimum Gasteiger partial charge on any atom is -0.454 e. The molecule has 2 aromatic rings. The second kappa shape index (κ2) is 6.94. The molecule has 0 unspecified atom stereocenters. The molecule has 130 valence electrons. The zero-order valence-corrected chi connectivity index (χ0v) is 13.2. The average Bonchev–Trinajstić information content (AvgIpc) is 3.05. The van der Waals surface area contributed by atoms with Crippen LogP contribution in [0, 0.1) is 11.6 Å². The predicted octanol–water partition coefficient (Wildman–Crippen LogP) is 3.14. The SMILES string of the molecule is O=C(COC(=O)c1cc(Cl)c2c(c1)OCO2)Nc1ccc(F)c(F)c1. The Bertz CT molecular complexity index is 859. The summed E-state index contributed by atoms with van der Waals surface area (Å²) in [5.74, 6) is -3.04. The second-order valence-corrected chi connectivity index (χ2v) is 5.35. The van der Waals surface area contributed by atoms with Crippen molar-refractivity contribution in [2.45, 2.75) is 0 Å². The first kappa shape index (κ1) is 17.0. The van der Waals surface area contributed by atoms with Gasteiger partial charge in [0.1, 0.15) is 0 Å². The number of carbonyl (C=O) groups excluding carboxylic acids is 2. The number of rotatable bonds is 4. The Morgan fingerprint density at radius 2 is 1.96 bits per heavy atom. The van der Waals surface area contributed by atoms with E-state index in [2.05, 4.69) is 5.32 Å². The molecule has 1 heterocycles. The zero-order valence-electron chi connectivity index (χ0n) is 12.5. The number of anilines is 1. The van der Waals surface area contributed by atoms with Gasteiger partial charge in [0.2, 0.25) is 6.79 Å². The molecule has 3 rings (SSSR count). The smallest absolute Gasteiger partial charge is 0.338 e. The van der Waals surface area contributed by atoms with Gasteiger partial charge in [-0.1, -0.05) is 11.6 Å². The summed E-state index contributed by atoms with van der Waals surface area (Å²) in [6, 6.07) is 5.56. The second-order valence-electron chi connectivity index (χ2n) is 4.95. The maximum Gasteiger partial charge on any atom is 0.338 e. The Kier molecular flexibility index (Phi) is 4.71. The van der Waals surface area contributed by atoms with Gasteiger partial charge >= 0.3 is 5.97 Å². The minimum atomic E-state index is -1.11. The van der Waals surface area contributed by atoms with Gasteiger partial charge in [-0.2, -0.15) is 0 Å². The van der Waals surface area contributed by atoms with Crippen LogP contribution in [-0.2, 0) is 9.53 Å². The van der Waals surface area contributed by atoms with Crippen LogP contribution in [0.5, 0.6) is 11.5 Å². The number of nitrogens with one attached hydrogen (secondary N) is 1. The number of hydrogen-bond acceptors (Lipinski definition) is 5. The van der Waals surface area contributed by atoms with E-state index in [9.17, 15) is 18.4 Å². The van der Waals surface area contributed by atoms with Gasteiger partial charge in [0.25, 0.3) is 5.91 Å². The van der Waals surface area contributed by atoms with Crippen molar-refractivity contribution in [3.63, 3.8) is 0 Å². The topological polar surface area (TPSA) is 73.9 Å². The first-order valence-electron chi connectivity index (χ1n) is 6.95. The third-order valence-corrected chi connectivity index (χ3v) is 3.48. The van der Waals surface area contributed by atoms with Crippen LogP contribution in [-0.4, -0.2) is 25.3 Å². The van der Waals surface area contributed by atoms with Crippen LogP contribution in [0.3, 0.4) is 0 Å². The van der Waals surface area contributed by atoms with E-state index in [1.807, 2.05) is 0 Å². The van der Waals surface area contributed by atoms with Crippen molar-refractivity contribution in [1.29, 1.82) is 0 Å². The highest BCUT2D eigenvalue weighted by atomic mass is 35.5. The summed E-state index contributed by atoms with van der Waals surface area (Å²) in [4.78, 5) is 23.7. The molecule has 1 aliphatic rings. The molecule has 0 bridgehead atoms. The molecule has 0 atom stereocenters. The summed E-state index contributed by atoms with van der Waals surface area (Å²) in [5, 5.41) is 2.45. The number of hydrogen-bond donors (Lipinski definition) is 1. The molecule has 9 heteroatoms. The Balaban J connectivity index is 1.59. The number of esters is 1. The number of ether oxygens (including phenoxy) is 3. The molecule has 0 radical (unpaired) electrons. The fraction of sp³-hybridized carbons (Fsp3) is 0.125. The van der Waals surface area contributed by atoms with Crippen molar-refractivity contribution in [2.75, 3.05) is 18.7 Å². The molecule has 1 aliphatic heterocycles. The summed E-state index contributed by atoms with van der Waals surface area (Å²) in [7, 11) is 0. The van der Waals surface area contributed by atoms with Crippen LogP contribution in [0.2, 0.25) is 5.02 Å². The summed E-state index contributed by atoms with van der Waals surface area (Å²) >= 11 is 5.96. The zero-order chi connectivity index (χ0) is 18.0. The van der Waals surface area contributed by atoms with Gasteiger partial charge in [0, 0.05) is 11.8 Å². The Morgan fingerprint density at radius 1 is 1.16 bits per heavy atom. The maximum atomic E-state index is 13.1. The van der Waals surface area contributed by atoms with Crippen LogP contribution in [0.15, 0.2) is 30.3 Å². The monoisotopic (exact) mass is 369 g/mol. The highest BCUT2D eigenvalue weighted by Crippen LogP contribution is 2.39. The Hall–Kier alpha value is -2.87. The van der Waals surface area contributed by atoms with Crippen molar-refractivity contribution in [3.8, 4) is 11.5 Å². The lowest BCUT2D eigenvalue weighted by Gasteiger charge is -2.08. The maximum absolute atomic E-state index is 13.1. The number of carbonyl (C=O) groups is 2. The van der Waals surface area contributed by atoms with E-state index in [1.54, 1.807) is 0 Å². The van der Waals surface area contributed by atoms with E-state index in [-0.39, 0.29) is 23.1 Å². The molecule has 0 aliphatic carbocycles. The Morgan fingerprint density at radius 3 is 2.72 bits per heavy atom. The molecule has 0 saturated carbocycles. The first-order valence-corrected chi connectivity index (χ1v) is 7.33. The van der Waals surface area contributed by atoms with Crippen LogP contribution < -0.4 is 14.8 Å². The van der Waals surface area contributed by atoms with Crippen LogP contribution in [0.25, 0.3) is 0 Å². The lowest BCUT2D eigenvalue weighted by molar-refractivity contribution is -0.119. The van der Waals surface area contributed by atoms with E-state index in [0.717, 1.165) is 12.1 Å². The molecule has 0 saturated heterocycles. The van der Waals surface area contributed by atoms with Gasteiger partial charge in [0.05, 0.1) is 10.6 Å². The van der Waals surface area contributed by atoms with Crippen molar-refractivity contribution in [1.82, 2.24) is 0 Å². The normalized spacial score (nSPS) is 12.0. The molecule has 1 amide bonds. The summed E-state index contributed by atoms with van der Waals surface area (Å²) in [6.45, 7) is -0.631. The average molecular weight is 370 g/mol. The lowest BCUT2D eigenvalue weighted by Crippen LogP contribution is -2.21. The fourth-order valence-corrected chi connectivity index (χ4v) is 2.34. The van der Waals surface area contributed by atoms with Gasteiger partial charge in [-0.15, -0.1) is 0 Å². The van der Waals surface area contributed by atoms with Gasteiger partial charge in [-0.3, -0.25) is 4.79 Å². The van der Waals surface area contributed by atoms with E-state index in [1.165, 1.54) is 18.2 Å². The van der Waals surface area contributed by atoms with Gasteiger partial charge < -0.3 is 19.5 Å². The molecular formula is C16H10ClF2NO5. The summed E-state index contributed by atoms with van der Waals surface area (Å²) in [5.41, 5.74) is 0.112. The molecule has 0 spiro atoms. The standard InChI is InChI=1S/C16H10ClF2NO5/c17-10-3-8(4-13-15(10)25-7-24-13)16(22)23-6-14(21)20-9-1-2-11(18)12(19)5-9/h1-5H,6-7H2,(H,20,21). The molecule has 0 aromatic heterocycles. The highest BCUT2D eigenvalue weighted by molar-refractivity contribution is 6.32. The lowest BCUT2D eigenvalue weighted by atomic mass is 10.2. The highest BCUT2D eigenvalue weighted by Gasteiger charge is 2.21. The number of benzene rings is 2. The number of amides is 1. The summed E-state index contributed by atoms with van der Waals surface area (Å²) in [6.07, 6.45) is 0. The van der Waals surface area contributed by atoms with Gasteiger partial charge in [-0.05, 0) is 24.3 Å². The van der Waals surface area contributed by atoms with E-state index in [4.69, 9.17) is 25.8 Å². The molecular weight excluding hydrogens is 360 g/mol. The minimum absolute atomic E-state index is 0.00973. The molecule has 6 nitrogen and oxygen atoms in total. The molecule has 1 N–H and O–H groups in total. The molecule has 25 heavy (non-hydrogen) atoms. The van der Waals surface area contributed by atoms with Crippen molar-refractivity contribution >= 4 is 29.2 Å². The van der Waals surface area contributed by atoms with E-state index < -0.39 is 30.1 Å². The molecule has 2 aromatic carbocycles. The van der Waals surface area contributed by atoms with Crippen LogP contribution >= 0.6 is 11.6 Å². The van der Waals surface area contributed by atoms with E-state index >= 15 is 0 Å². The van der Waals surface area contributed by atoms with E-state index in [0.29, 0.717) is 11.5 Å². The number of halogens is 3. The van der Waals surface area contributed by atoms with Crippen LogP contribution in [0.4, 0.5) is 14.5 Å².